The van der Waals surface area contributed by atoms with Crippen LogP contribution in [0.4, 0.5) is 0 Å². The summed E-state index contributed by atoms with van der Waals surface area (Å²) in [4.78, 5) is 14.3. The second kappa shape index (κ2) is 6.29. The number of halogens is 2. The fourth-order valence-electron chi connectivity index (χ4n) is 1.41. The van der Waals surface area contributed by atoms with Crippen LogP contribution in [0.1, 0.15) is 15.5 Å². The highest BCUT2D eigenvalue weighted by Gasteiger charge is 2.19. The average molecular weight is 367 g/mol. The molecule has 0 aliphatic heterocycles. The van der Waals surface area contributed by atoms with E-state index in [0.717, 1.165) is 11.3 Å². The van der Waals surface area contributed by atoms with Crippen molar-refractivity contribution in [2.45, 2.75) is 11.4 Å². The number of hydrogen-bond donors (Lipinski definition) is 2. The Morgan fingerprint density at radius 2 is 2.10 bits per heavy atom. The second-order valence-corrected chi connectivity index (χ2v) is 7.35. The third-order valence-corrected chi connectivity index (χ3v) is 5.33. The van der Waals surface area contributed by atoms with Gasteiger partial charge in [-0.15, -0.1) is 11.3 Å². The molecule has 21 heavy (non-hydrogen) atoms. The van der Waals surface area contributed by atoms with E-state index in [2.05, 4.69) is 9.71 Å². The molecule has 2 rings (SSSR count). The standard InChI is InChI=1S/C11H8Cl2N2O4S2/c12-6-1-2-7(13)9(3-6)21(18,19)14-4-10-15-8(5-20-10)11(16)17/h1-3,5,14H,4H2,(H,16,17). The van der Waals surface area contributed by atoms with Gasteiger partial charge in [0.15, 0.2) is 5.69 Å². The molecule has 112 valence electrons. The molecule has 1 heterocycles. The fraction of sp³-hybridized carbons (Fsp3) is 0.0909. The maximum Gasteiger partial charge on any atom is 0.355 e. The highest BCUT2D eigenvalue weighted by molar-refractivity contribution is 7.89. The molecule has 0 aliphatic rings. The lowest BCUT2D eigenvalue weighted by Gasteiger charge is -2.07. The molecule has 0 saturated carbocycles. The molecule has 0 radical (unpaired) electrons. The summed E-state index contributed by atoms with van der Waals surface area (Å²) >= 11 is 12.6. The van der Waals surface area contributed by atoms with E-state index in [9.17, 15) is 13.2 Å². The van der Waals surface area contributed by atoms with E-state index in [0.29, 0.717) is 5.01 Å². The van der Waals surface area contributed by atoms with Gasteiger partial charge in [-0.2, -0.15) is 0 Å². The van der Waals surface area contributed by atoms with Crippen molar-refractivity contribution in [2.24, 2.45) is 0 Å². The molecule has 1 aromatic carbocycles. The van der Waals surface area contributed by atoms with E-state index in [1.807, 2.05) is 0 Å². The van der Waals surface area contributed by atoms with Crippen LogP contribution in [0.5, 0.6) is 0 Å². The van der Waals surface area contributed by atoms with E-state index in [-0.39, 0.29) is 27.2 Å². The summed E-state index contributed by atoms with van der Waals surface area (Å²) in [6.45, 7) is -0.136. The Kier molecular flexibility index (Phi) is 4.84. The molecular weight excluding hydrogens is 359 g/mol. The quantitative estimate of drug-likeness (QED) is 0.847. The first-order valence-electron chi connectivity index (χ1n) is 5.42. The van der Waals surface area contributed by atoms with Gasteiger partial charge in [0.25, 0.3) is 0 Å². The SMILES string of the molecule is O=C(O)c1csc(CNS(=O)(=O)c2cc(Cl)ccc2Cl)n1. The minimum absolute atomic E-state index is 0.0391. The van der Waals surface area contributed by atoms with Crippen molar-refractivity contribution in [3.8, 4) is 0 Å². The van der Waals surface area contributed by atoms with E-state index in [4.69, 9.17) is 28.3 Å². The predicted molar refractivity (Wildman–Crippen MR) is 79.6 cm³/mol. The topological polar surface area (TPSA) is 96.4 Å². The van der Waals surface area contributed by atoms with Gasteiger partial charge >= 0.3 is 5.97 Å². The van der Waals surface area contributed by atoms with E-state index in [1.54, 1.807) is 0 Å². The summed E-state index contributed by atoms with van der Waals surface area (Å²) in [5.74, 6) is -1.17. The molecule has 0 atom stereocenters. The van der Waals surface area contributed by atoms with Crippen LogP contribution in [0.3, 0.4) is 0 Å². The minimum atomic E-state index is -3.87. The van der Waals surface area contributed by atoms with Gasteiger partial charge < -0.3 is 5.11 Å². The van der Waals surface area contributed by atoms with Crippen molar-refractivity contribution in [2.75, 3.05) is 0 Å². The summed E-state index contributed by atoms with van der Waals surface area (Å²) in [6, 6.07) is 4.09. The molecule has 2 N–H and O–H groups in total. The zero-order valence-electron chi connectivity index (χ0n) is 10.2. The van der Waals surface area contributed by atoms with Gasteiger partial charge in [-0.1, -0.05) is 23.2 Å². The number of benzene rings is 1. The number of thiazole rings is 1. The van der Waals surface area contributed by atoms with Gasteiger partial charge in [-0.05, 0) is 18.2 Å². The van der Waals surface area contributed by atoms with E-state index < -0.39 is 16.0 Å². The summed E-state index contributed by atoms with van der Waals surface area (Å²) in [7, 11) is -3.87. The zero-order chi connectivity index (χ0) is 15.6. The molecule has 0 amide bonds. The van der Waals surface area contributed by atoms with Gasteiger partial charge in [0, 0.05) is 10.4 Å². The predicted octanol–water partition coefficient (Wildman–Crippen LogP) is 2.63. The molecule has 10 heteroatoms. The van der Waals surface area contributed by atoms with Gasteiger partial charge in [0.05, 0.1) is 11.6 Å². The Morgan fingerprint density at radius 1 is 1.38 bits per heavy atom. The molecule has 0 saturated heterocycles. The number of hydrogen-bond acceptors (Lipinski definition) is 5. The first kappa shape index (κ1) is 16.2. The first-order chi connectivity index (χ1) is 9.79. The van der Waals surface area contributed by atoms with Gasteiger partial charge in [0.1, 0.15) is 9.90 Å². The zero-order valence-corrected chi connectivity index (χ0v) is 13.4. The van der Waals surface area contributed by atoms with Crippen LogP contribution in [0.25, 0.3) is 0 Å². The first-order valence-corrected chi connectivity index (χ1v) is 8.54. The summed E-state index contributed by atoms with van der Waals surface area (Å²) < 4.78 is 26.5. The maximum atomic E-state index is 12.1. The maximum absolute atomic E-state index is 12.1. The van der Waals surface area contributed by atoms with Crippen LogP contribution in [0.15, 0.2) is 28.5 Å². The number of carboxylic acids is 1. The number of nitrogens with one attached hydrogen (secondary N) is 1. The molecule has 0 bridgehead atoms. The van der Waals surface area contributed by atoms with Crippen molar-refractivity contribution in [1.82, 2.24) is 9.71 Å². The van der Waals surface area contributed by atoms with E-state index >= 15 is 0 Å². The highest BCUT2D eigenvalue weighted by Crippen LogP contribution is 2.25. The van der Waals surface area contributed by atoms with Gasteiger partial charge in [-0.25, -0.2) is 22.9 Å². The largest absolute Gasteiger partial charge is 0.476 e. The number of rotatable bonds is 5. The van der Waals surface area contributed by atoms with Crippen molar-refractivity contribution < 1.29 is 18.3 Å². The van der Waals surface area contributed by atoms with Crippen LogP contribution in [-0.2, 0) is 16.6 Å². The second-order valence-electron chi connectivity index (χ2n) is 3.83. The molecule has 0 aliphatic carbocycles. The van der Waals surface area contributed by atoms with Crippen molar-refractivity contribution >= 4 is 50.5 Å². The Morgan fingerprint density at radius 3 is 2.71 bits per heavy atom. The van der Waals surface area contributed by atoms with Crippen molar-refractivity contribution in [1.29, 1.82) is 0 Å². The van der Waals surface area contributed by atoms with Crippen LogP contribution in [0.2, 0.25) is 10.0 Å². The third-order valence-electron chi connectivity index (χ3n) is 2.37. The lowest BCUT2D eigenvalue weighted by atomic mass is 10.4. The van der Waals surface area contributed by atoms with Crippen molar-refractivity contribution in [3.63, 3.8) is 0 Å². The fourth-order valence-corrected chi connectivity index (χ4v) is 3.96. The highest BCUT2D eigenvalue weighted by atomic mass is 35.5. The summed E-state index contributed by atoms with van der Waals surface area (Å²) in [6.07, 6.45) is 0. The van der Waals surface area contributed by atoms with Crippen LogP contribution in [-0.4, -0.2) is 24.5 Å². The normalized spacial score (nSPS) is 11.5. The molecule has 0 fully saturated rings. The van der Waals surface area contributed by atoms with Gasteiger partial charge in [0.2, 0.25) is 10.0 Å². The summed E-state index contributed by atoms with van der Waals surface area (Å²) in [5, 5.41) is 10.7. The number of nitrogens with zero attached hydrogens (tertiary/aromatic N) is 1. The third kappa shape index (κ3) is 3.92. The number of aromatic carboxylic acids is 1. The number of carbonyl (C=O) groups is 1. The van der Waals surface area contributed by atoms with Crippen LogP contribution >= 0.6 is 34.5 Å². The molecule has 2 aromatic rings. The number of carboxylic acid groups (broad SMARTS) is 1. The van der Waals surface area contributed by atoms with Crippen molar-refractivity contribution in [3.05, 3.63) is 44.3 Å². The molecule has 0 spiro atoms. The van der Waals surface area contributed by atoms with E-state index in [1.165, 1.54) is 23.6 Å². The number of aromatic nitrogens is 1. The molecule has 6 nitrogen and oxygen atoms in total. The van der Waals surface area contributed by atoms with Gasteiger partial charge in [-0.3, -0.25) is 0 Å². The minimum Gasteiger partial charge on any atom is -0.476 e. The summed E-state index contributed by atoms with van der Waals surface area (Å²) in [5.41, 5.74) is -0.130. The molecular formula is C11H8Cl2N2O4S2. The van der Waals surface area contributed by atoms with Crippen LogP contribution in [0, 0.1) is 0 Å². The smallest absolute Gasteiger partial charge is 0.355 e. The Balaban J connectivity index is 2.17. The Bertz CT molecular complexity index is 789. The molecule has 1 aromatic heterocycles. The van der Waals surface area contributed by atoms with Crippen LogP contribution < -0.4 is 4.72 Å². The Hall–Kier alpha value is -1.19. The lowest BCUT2D eigenvalue weighted by Crippen LogP contribution is -2.23. The monoisotopic (exact) mass is 366 g/mol. The number of sulfonamides is 1. The lowest BCUT2D eigenvalue weighted by molar-refractivity contribution is 0.0691. The molecule has 0 unspecified atom stereocenters. The Labute approximate surface area is 134 Å². The average Bonchev–Trinajstić information content (AvgIpc) is 2.88.